The summed E-state index contributed by atoms with van der Waals surface area (Å²) in [5, 5.41) is 14.6. The van der Waals surface area contributed by atoms with E-state index in [9.17, 15) is 0 Å². The fourth-order valence-electron chi connectivity index (χ4n) is 1.13. The van der Waals surface area contributed by atoms with Gasteiger partial charge in [-0.25, -0.2) is 0 Å². The summed E-state index contributed by atoms with van der Waals surface area (Å²) >= 11 is 0. The number of aromatic nitrogens is 4. The Balaban J connectivity index is 1.95. The third-order valence-electron chi connectivity index (χ3n) is 1.80. The smallest absolute Gasteiger partial charge is 0.263 e. The van der Waals surface area contributed by atoms with Crippen LogP contribution in [0.3, 0.4) is 0 Å². The van der Waals surface area contributed by atoms with Crippen molar-refractivity contribution in [2.75, 3.05) is 5.32 Å². The first-order chi connectivity index (χ1) is 6.84. The quantitative estimate of drug-likeness (QED) is 0.776. The number of hydrogen-bond acceptors (Lipinski definition) is 4. The number of aryl methyl sites for hydroxylation is 1. The minimum absolute atomic E-state index is 0.552. The number of nitrogens with one attached hydrogen (secondary N) is 1. The molecule has 14 heavy (non-hydrogen) atoms. The van der Waals surface area contributed by atoms with Crippen LogP contribution < -0.4 is 5.32 Å². The van der Waals surface area contributed by atoms with Gasteiger partial charge in [0.2, 0.25) is 0 Å². The van der Waals surface area contributed by atoms with Gasteiger partial charge in [0.1, 0.15) is 0 Å². The van der Waals surface area contributed by atoms with Gasteiger partial charge in [-0.3, -0.25) is 0 Å². The van der Waals surface area contributed by atoms with Crippen molar-refractivity contribution < 1.29 is 0 Å². The van der Waals surface area contributed by atoms with Gasteiger partial charge in [0.25, 0.3) is 5.95 Å². The van der Waals surface area contributed by atoms with E-state index in [1.165, 1.54) is 10.4 Å². The van der Waals surface area contributed by atoms with Crippen molar-refractivity contribution in [3.63, 3.8) is 0 Å². The van der Waals surface area contributed by atoms with E-state index in [1.807, 2.05) is 30.3 Å². The van der Waals surface area contributed by atoms with Crippen LogP contribution in [0.4, 0.5) is 5.95 Å². The van der Waals surface area contributed by atoms with Crippen LogP contribution in [0.15, 0.2) is 30.3 Å². The Morgan fingerprint density at radius 3 is 2.71 bits per heavy atom. The zero-order valence-electron chi connectivity index (χ0n) is 7.88. The lowest BCUT2D eigenvalue weighted by molar-refractivity contribution is 0.630. The summed E-state index contributed by atoms with van der Waals surface area (Å²) in [6.07, 6.45) is 0. The first-order valence-electron chi connectivity index (χ1n) is 4.36. The van der Waals surface area contributed by atoms with E-state index in [4.69, 9.17) is 0 Å². The number of anilines is 1. The Hall–Kier alpha value is -1.91. The van der Waals surface area contributed by atoms with Crippen LogP contribution in [0.5, 0.6) is 0 Å². The van der Waals surface area contributed by atoms with E-state index in [0.717, 1.165) is 0 Å². The molecule has 2 rings (SSSR count). The second-order valence-corrected chi connectivity index (χ2v) is 2.94. The normalized spacial score (nSPS) is 10.1. The van der Waals surface area contributed by atoms with Crippen LogP contribution in [-0.2, 0) is 13.6 Å². The van der Waals surface area contributed by atoms with Gasteiger partial charge in [-0.1, -0.05) is 35.4 Å². The molecule has 72 valence electrons. The zero-order chi connectivity index (χ0) is 9.80. The van der Waals surface area contributed by atoms with E-state index < -0.39 is 0 Å². The highest BCUT2D eigenvalue weighted by Crippen LogP contribution is 2.01. The molecule has 5 nitrogen and oxygen atoms in total. The summed E-state index contributed by atoms with van der Waals surface area (Å²) in [5.41, 5.74) is 1.19. The van der Waals surface area contributed by atoms with Gasteiger partial charge in [-0.15, -0.1) is 5.10 Å². The van der Waals surface area contributed by atoms with Gasteiger partial charge >= 0.3 is 0 Å². The number of nitrogens with zero attached hydrogens (tertiary/aromatic N) is 4. The Bertz CT molecular complexity index is 395. The van der Waals surface area contributed by atoms with E-state index in [-0.39, 0.29) is 0 Å². The monoisotopic (exact) mass is 189 g/mol. The lowest BCUT2D eigenvalue weighted by atomic mass is 10.2. The molecule has 5 heteroatoms. The van der Waals surface area contributed by atoms with Gasteiger partial charge < -0.3 is 5.32 Å². The predicted octanol–water partition coefficient (Wildman–Crippen LogP) is 0.822. The second kappa shape index (κ2) is 3.87. The summed E-state index contributed by atoms with van der Waals surface area (Å²) in [6.45, 7) is 0.715. The summed E-state index contributed by atoms with van der Waals surface area (Å²) in [5.74, 6) is 0.552. The molecule has 0 saturated carbocycles. The van der Waals surface area contributed by atoms with Gasteiger partial charge in [-0.05, 0) is 10.8 Å². The number of tetrazole rings is 1. The Morgan fingerprint density at radius 1 is 1.29 bits per heavy atom. The van der Waals surface area contributed by atoms with Crippen LogP contribution in [0.1, 0.15) is 5.56 Å². The molecule has 1 heterocycles. The van der Waals surface area contributed by atoms with Gasteiger partial charge in [0, 0.05) is 6.54 Å². The van der Waals surface area contributed by atoms with Crippen LogP contribution >= 0.6 is 0 Å². The average molecular weight is 189 g/mol. The Morgan fingerprint density at radius 2 is 2.07 bits per heavy atom. The highest BCUT2D eigenvalue weighted by Gasteiger charge is 1.97. The maximum Gasteiger partial charge on any atom is 0.263 e. The third-order valence-corrected chi connectivity index (χ3v) is 1.80. The fraction of sp³-hybridized carbons (Fsp3) is 0.222. The van der Waals surface area contributed by atoms with Crippen molar-refractivity contribution in [1.82, 2.24) is 20.2 Å². The van der Waals surface area contributed by atoms with Crippen molar-refractivity contribution in [3.05, 3.63) is 35.9 Å². The van der Waals surface area contributed by atoms with E-state index >= 15 is 0 Å². The number of benzene rings is 1. The molecule has 0 aliphatic heterocycles. The molecular formula is C9H11N5. The molecule has 0 bridgehead atoms. The first kappa shape index (κ1) is 8.68. The van der Waals surface area contributed by atoms with Crippen molar-refractivity contribution in [1.29, 1.82) is 0 Å². The van der Waals surface area contributed by atoms with Crippen LogP contribution in [0.2, 0.25) is 0 Å². The molecule has 0 unspecified atom stereocenters. The summed E-state index contributed by atoms with van der Waals surface area (Å²) < 4.78 is 0. The highest BCUT2D eigenvalue weighted by atomic mass is 15.6. The molecule has 1 aromatic heterocycles. The molecule has 0 spiro atoms. The molecule has 0 saturated heterocycles. The largest absolute Gasteiger partial charge is 0.348 e. The topological polar surface area (TPSA) is 55.6 Å². The van der Waals surface area contributed by atoms with Crippen molar-refractivity contribution in [2.24, 2.45) is 7.05 Å². The molecule has 0 aliphatic carbocycles. The van der Waals surface area contributed by atoms with Gasteiger partial charge in [-0.2, -0.15) is 4.80 Å². The third kappa shape index (κ3) is 2.07. The highest BCUT2D eigenvalue weighted by molar-refractivity contribution is 5.24. The Kier molecular flexibility index (Phi) is 2.40. The maximum atomic E-state index is 4.01. The summed E-state index contributed by atoms with van der Waals surface area (Å²) in [4.78, 5) is 1.42. The molecule has 0 fully saturated rings. The lowest BCUT2D eigenvalue weighted by Crippen LogP contribution is -2.01. The van der Waals surface area contributed by atoms with Gasteiger partial charge in [0.05, 0.1) is 7.05 Å². The van der Waals surface area contributed by atoms with Crippen molar-refractivity contribution >= 4 is 5.95 Å². The molecule has 0 amide bonds. The maximum absolute atomic E-state index is 4.01. The second-order valence-electron chi connectivity index (χ2n) is 2.94. The Labute approximate surface area is 81.8 Å². The zero-order valence-corrected chi connectivity index (χ0v) is 7.88. The SMILES string of the molecule is Cn1nnc(NCc2ccccc2)n1. The number of hydrogen-bond donors (Lipinski definition) is 1. The van der Waals surface area contributed by atoms with Crippen LogP contribution in [0.25, 0.3) is 0 Å². The number of rotatable bonds is 3. The fourth-order valence-corrected chi connectivity index (χ4v) is 1.13. The minimum Gasteiger partial charge on any atom is -0.348 e. The average Bonchev–Trinajstić information content (AvgIpc) is 2.63. The van der Waals surface area contributed by atoms with E-state index in [0.29, 0.717) is 12.5 Å². The molecule has 0 aliphatic rings. The summed E-state index contributed by atoms with van der Waals surface area (Å²) in [7, 11) is 1.74. The van der Waals surface area contributed by atoms with E-state index in [2.05, 4.69) is 20.7 Å². The molecular weight excluding hydrogens is 178 g/mol. The molecule has 0 atom stereocenters. The predicted molar refractivity (Wildman–Crippen MR) is 52.6 cm³/mol. The lowest BCUT2D eigenvalue weighted by Gasteiger charge is -2.00. The minimum atomic E-state index is 0.552. The molecule has 0 radical (unpaired) electrons. The van der Waals surface area contributed by atoms with Crippen LogP contribution in [0, 0.1) is 0 Å². The first-order valence-corrected chi connectivity index (χ1v) is 4.36. The van der Waals surface area contributed by atoms with Crippen molar-refractivity contribution in [3.8, 4) is 0 Å². The molecule has 1 N–H and O–H groups in total. The molecule has 2 aromatic rings. The van der Waals surface area contributed by atoms with Gasteiger partial charge in [0.15, 0.2) is 0 Å². The standard InChI is InChI=1S/C9H11N5/c1-14-12-9(11-13-14)10-7-8-5-3-2-4-6-8/h2-6H,7H2,1H3,(H,10,12). The van der Waals surface area contributed by atoms with Crippen molar-refractivity contribution in [2.45, 2.75) is 6.54 Å². The molecule has 1 aromatic carbocycles. The summed E-state index contributed by atoms with van der Waals surface area (Å²) in [6, 6.07) is 10.1. The van der Waals surface area contributed by atoms with Crippen LogP contribution in [-0.4, -0.2) is 20.2 Å². The van der Waals surface area contributed by atoms with E-state index in [1.54, 1.807) is 7.05 Å².